The topological polar surface area (TPSA) is 220 Å². The van der Waals surface area contributed by atoms with Crippen LogP contribution in [0.15, 0.2) is 74.4 Å². The van der Waals surface area contributed by atoms with Gasteiger partial charge in [-0.1, -0.05) is 128 Å². The summed E-state index contributed by atoms with van der Waals surface area (Å²) in [7, 11) is -4.08. The fourth-order valence-electron chi connectivity index (χ4n) is 3.69. The molecule has 1 aromatic carbocycles. The standard InChI is InChI=1S/C12H26S.C8H8.C7H13NO4S.C6H15NO2.C5H8O3.C4H6O2/c1-4-5-6-7-8-9-10-11-12(2,3)13;1-2-8-6-4-3-5-7-8;1-4-6(9)8-7(2,3)5-13(10,11)12;1-5(8)3-7-4-6(2)9;1-2-5(7)8-4-3-6;1-3(2)4(5)6/h13H,4-11H2,1-3H3;2-7H,1H2;4H,1,5H2,2-3H3,(H,8,9)(H,10,11,12);5-9H,3-4H2,1-2H3;2,6H,1,3-4H2;1H2,2H3,(H,5,6). The van der Waals surface area contributed by atoms with Crippen LogP contribution < -0.4 is 10.6 Å². The lowest BCUT2D eigenvalue weighted by Gasteiger charge is -2.23. The van der Waals surface area contributed by atoms with Crippen molar-refractivity contribution in [1.82, 2.24) is 10.6 Å². The number of carbonyl (C=O) groups excluding carboxylic acids is 2. The van der Waals surface area contributed by atoms with E-state index in [1.807, 2.05) is 36.4 Å². The quantitative estimate of drug-likeness (QED) is 0.0210. The lowest BCUT2D eigenvalue weighted by Crippen LogP contribution is -2.47. The molecule has 1 rings (SSSR count). The molecular weight excluding hydrogens is 773 g/mol. The molecule has 1 aromatic rings. The van der Waals surface area contributed by atoms with Gasteiger partial charge in [-0.15, -0.1) is 0 Å². The Hall–Kier alpha value is -3.31. The molecule has 1 amide bonds. The third-order valence-electron chi connectivity index (χ3n) is 6.36. The molecule has 0 spiro atoms. The van der Waals surface area contributed by atoms with Gasteiger partial charge in [0.2, 0.25) is 5.91 Å². The molecule has 2 atom stereocenters. The number of aliphatic hydroxyl groups excluding tert-OH is 3. The van der Waals surface area contributed by atoms with Crippen LogP contribution in [-0.4, -0.2) is 106 Å². The highest BCUT2D eigenvalue weighted by molar-refractivity contribution is 7.85. The third kappa shape index (κ3) is 64.9. The minimum absolute atomic E-state index is 0.0465. The monoisotopic (exact) mass is 848 g/mol. The molecule has 0 aromatic heterocycles. The second kappa shape index (κ2) is 39.5. The number of carboxylic acid groups (broad SMARTS) is 1. The van der Waals surface area contributed by atoms with E-state index in [0.717, 1.165) is 12.2 Å². The number of nitrogens with one attached hydrogen (secondary N) is 2. The van der Waals surface area contributed by atoms with Gasteiger partial charge < -0.3 is 35.8 Å². The van der Waals surface area contributed by atoms with E-state index in [0.29, 0.717) is 13.1 Å². The summed E-state index contributed by atoms with van der Waals surface area (Å²) in [6.07, 6.45) is 14.3. The van der Waals surface area contributed by atoms with Crippen LogP contribution in [0.5, 0.6) is 0 Å². The Kier molecular flexibility index (Phi) is 43.6. The maximum Gasteiger partial charge on any atom is 0.330 e. The van der Waals surface area contributed by atoms with Crippen molar-refractivity contribution < 1.29 is 52.5 Å². The Bertz CT molecular complexity index is 1290. The first kappa shape index (κ1) is 62.9. The van der Waals surface area contributed by atoms with E-state index in [9.17, 15) is 22.8 Å². The van der Waals surface area contributed by atoms with Gasteiger partial charge in [0.05, 0.1) is 30.1 Å². The van der Waals surface area contributed by atoms with Crippen LogP contribution in [0.4, 0.5) is 0 Å². The minimum atomic E-state index is -4.08. The summed E-state index contributed by atoms with van der Waals surface area (Å²) in [5.74, 6) is -2.44. The second-order valence-corrected chi connectivity index (χ2v) is 16.8. The molecule has 0 radical (unpaired) electrons. The van der Waals surface area contributed by atoms with Gasteiger partial charge in [0, 0.05) is 29.5 Å². The molecule has 7 N–H and O–H groups in total. The molecule has 0 aliphatic rings. The van der Waals surface area contributed by atoms with Crippen molar-refractivity contribution >= 4 is 46.7 Å². The summed E-state index contributed by atoms with van der Waals surface area (Å²) in [5, 5.41) is 38.7. The molecule has 13 nitrogen and oxygen atoms in total. The molecule has 0 bridgehead atoms. The van der Waals surface area contributed by atoms with Crippen LogP contribution in [-0.2, 0) is 29.2 Å². The normalized spacial score (nSPS) is 11.4. The molecular formula is C42H76N2O11S2. The van der Waals surface area contributed by atoms with Gasteiger partial charge >= 0.3 is 11.9 Å². The van der Waals surface area contributed by atoms with Crippen molar-refractivity contribution in [3.8, 4) is 0 Å². The number of esters is 1. The summed E-state index contributed by atoms with van der Waals surface area (Å²) >= 11 is 4.51. The molecule has 0 saturated heterocycles. The van der Waals surface area contributed by atoms with Gasteiger partial charge in [-0.05, 0) is 52.7 Å². The smallest absolute Gasteiger partial charge is 0.330 e. The second-order valence-electron chi connectivity index (χ2n) is 14.1. The lowest BCUT2D eigenvalue weighted by molar-refractivity contribution is -0.138. The van der Waals surface area contributed by atoms with Gasteiger partial charge in [0.25, 0.3) is 10.1 Å². The minimum Gasteiger partial charge on any atom is -0.478 e. The fraction of sp³-hybridized carbons (Fsp3) is 0.595. The van der Waals surface area contributed by atoms with Crippen molar-refractivity contribution in [1.29, 1.82) is 0 Å². The van der Waals surface area contributed by atoms with E-state index in [4.69, 9.17) is 25.0 Å². The van der Waals surface area contributed by atoms with Crippen LogP contribution in [0.25, 0.3) is 6.08 Å². The average molecular weight is 849 g/mol. The van der Waals surface area contributed by atoms with Crippen LogP contribution in [0.2, 0.25) is 0 Å². The van der Waals surface area contributed by atoms with E-state index in [1.54, 1.807) is 13.8 Å². The predicted octanol–water partition coefficient (Wildman–Crippen LogP) is 6.81. The summed E-state index contributed by atoms with van der Waals surface area (Å²) in [6, 6.07) is 10.0. The number of amides is 1. The third-order valence-corrected chi connectivity index (χ3v) is 7.67. The number of benzene rings is 1. The summed E-state index contributed by atoms with van der Waals surface area (Å²) < 4.78 is 34.1. The number of hydrogen-bond donors (Lipinski definition) is 8. The number of ether oxygens (including phenoxy) is 1. The SMILES string of the molecule is C=C(C)C(=O)O.C=CC(=O)NC(C)(C)CS(=O)(=O)O.C=CC(=O)OCCO.C=Cc1ccccc1.CC(O)CNCC(C)O.CCCCCCCCCC(C)(C)S. The zero-order valence-corrected chi connectivity index (χ0v) is 37.5. The molecule has 0 heterocycles. The first-order valence-corrected chi connectivity index (χ1v) is 20.9. The highest BCUT2D eigenvalue weighted by atomic mass is 32.2. The number of unbranched alkanes of at least 4 members (excludes halogenated alkanes) is 6. The molecule has 0 saturated carbocycles. The molecule has 0 fully saturated rings. The molecule has 0 aliphatic carbocycles. The van der Waals surface area contributed by atoms with Crippen LogP contribution in [0.1, 0.15) is 112 Å². The first-order valence-electron chi connectivity index (χ1n) is 18.9. The highest BCUT2D eigenvalue weighted by Crippen LogP contribution is 2.21. The molecule has 2 unspecified atom stereocenters. The van der Waals surface area contributed by atoms with E-state index in [1.165, 1.54) is 77.7 Å². The number of aliphatic carboxylic acids is 1. The number of carboxylic acids is 1. The number of aliphatic hydroxyl groups is 3. The molecule has 57 heavy (non-hydrogen) atoms. The largest absolute Gasteiger partial charge is 0.478 e. The Labute approximate surface area is 349 Å². The van der Waals surface area contributed by atoms with Crippen molar-refractivity contribution in [3.63, 3.8) is 0 Å². The Balaban J connectivity index is -0.000000193. The van der Waals surface area contributed by atoms with E-state index < -0.39 is 39.3 Å². The average Bonchev–Trinajstić information content (AvgIpc) is 3.09. The Morgan fingerprint density at radius 3 is 1.67 bits per heavy atom. The number of rotatable bonds is 21. The highest BCUT2D eigenvalue weighted by Gasteiger charge is 2.25. The zero-order chi connectivity index (χ0) is 45.5. The fourth-order valence-corrected chi connectivity index (χ4v) is 4.83. The van der Waals surface area contributed by atoms with Crippen molar-refractivity contribution in [3.05, 3.63) is 79.9 Å². The van der Waals surface area contributed by atoms with E-state index in [2.05, 4.69) is 75.1 Å². The summed E-state index contributed by atoms with van der Waals surface area (Å²) in [5.41, 5.74) is 0.348. The van der Waals surface area contributed by atoms with Crippen molar-refractivity contribution in [2.75, 3.05) is 32.1 Å². The van der Waals surface area contributed by atoms with Crippen LogP contribution >= 0.6 is 12.6 Å². The van der Waals surface area contributed by atoms with Crippen molar-refractivity contribution in [2.45, 2.75) is 129 Å². The van der Waals surface area contributed by atoms with Gasteiger partial charge in [-0.25, -0.2) is 9.59 Å². The van der Waals surface area contributed by atoms with E-state index in [-0.39, 0.29) is 35.7 Å². The Morgan fingerprint density at radius 1 is 0.895 bits per heavy atom. The van der Waals surface area contributed by atoms with Gasteiger partial charge in [-0.3, -0.25) is 9.35 Å². The van der Waals surface area contributed by atoms with Crippen LogP contribution in [0.3, 0.4) is 0 Å². The molecule has 0 aliphatic heterocycles. The van der Waals surface area contributed by atoms with Gasteiger partial charge in [-0.2, -0.15) is 21.0 Å². The number of thiol groups is 1. The van der Waals surface area contributed by atoms with E-state index >= 15 is 0 Å². The van der Waals surface area contributed by atoms with Gasteiger partial charge in [0.15, 0.2) is 0 Å². The zero-order valence-electron chi connectivity index (χ0n) is 35.8. The number of carbonyl (C=O) groups is 3. The molecule has 15 heteroatoms. The number of hydrogen-bond acceptors (Lipinski definition) is 11. The van der Waals surface area contributed by atoms with Crippen molar-refractivity contribution in [2.24, 2.45) is 0 Å². The van der Waals surface area contributed by atoms with Gasteiger partial charge in [0.1, 0.15) is 6.61 Å². The summed E-state index contributed by atoms with van der Waals surface area (Å²) in [4.78, 5) is 30.5. The maximum atomic E-state index is 10.8. The van der Waals surface area contributed by atoms with Crippen LogP contribution in [0, 0.1) is 0 Å². The molecule has 332 valence electrons. The maximum absolute atomic E-state index is 10.8. The Morgan fingerprint density at radius 2 is 1.35 bits per heavy atom. The lowest BCUT2D eigenvalue weighted by atomic mass is 10.0. The first-order chi connectivity index (χ1) is 26.2. The predicted molar refractivity (Wildman–Crippen MR) is 238 cm³/mol. The summed E-state index contributed by atoms with van der Waals surface area (Å²) in [6.45, 7) is 28.7.